The van der Waals surface area contributed by atoms with E-state index in [0.717, 1.165) is 12.5 Å². The Morgan fingerprint density at radius 3 is 2.42 bits per heavy atom. The molecule has 1 atom stereocenters. The highest BCUT2D eigenvalue weighted by atomic mass is 15.3. The molecule has 108 valence electrons. The molecule has 0 aliphatic carbocycles. The molecule has 1 aliphatic rings. The number of hydrogen-bond acceptors (Lipinski definition) is 3. The maximum absolute atomic E-state index is 5.66. The highest BCUT2D eigenvalue weighted by molar-refractivity contribution is 5.27. The van der Waals surface area contributed by atoms with Crippen LogP contribution in [-0.4, -0.2) is 34.3 Å². The van der Waals surface area contributed by atoms with Gasteiger partial charge >= 0.3 is 0 Å². The fourth-order valence-corrected chi connectivity index (χ4v) is 3.44. The minimum atomic E-state index is 0.479. The SMILES string of the molecule is Cc1nn(C)c(C)c1C(C)N1CCC(CCN)CC1. The van der Waals surface area contributed by atoms with Crippen molar-refractivity contribution in [3.8, 4) is 0 Å². The van der Waals surface area contributed by atoms with Gasteiger partial charge in [0.25, 0.3) is 0 Å². The highest BCUT2D eigenvalue weighted by Gasteiger charge is 2.26. The van der Waals surface area contributed by atoms with Gasteiger partial charge in [-0.1, -0.05) is 0 Å². The van der Waals surface area contributed by atoms with E-state index in [2.05, 4.69) is 30.8 Å². The lowest BCUT2D eigenvalue weighted by Crippen LogP contribution is -2.36. The lowest BCUT2D eigenvalue weighted by atomic mass is 9.92. The zero-order valence-corrected chi connectivity index (χ0v) is 12.8. The van der Waals surface area contributed by atoms with Crippen molar-refractivity contribution in [1.82, 2.24) is 14.7 Å². The molecule has 19 heavy (non-hydrogen) atoms. The first-order valence-corrected chi connectivity index (χ1v) is 7.48. The predicted molar refractivity (Wildman–Crippen MR) is 79.1 cm³/mol. The number of nitrogens with zero attached hydrogens (tertiary/aromatic N) is 3. The summed E-state index contributed by atoms with van der Waals surface area (Å²) in [5.74, 6) is 0.838. The molecule has 0 saturated carbocycles. The van der Waals surface area contributed by atoms with Gasteiger partial charge in [0.1, 0.15) is 0 Å². The summed E-state index contributed by atoms with van der Waals surface area (Å²) in [6.45, 7) is 9.84. The molecule has 1 aliphatic heterocycles. The Hall–Kier alpha value is -0.870. The average molecular weight is 264 g/mol. The van der Waals surface area contributed by atoms with Crippen molar-refractivity contribution in [2.75, 3.05) is 19.6 Å². The van der Waals surface area contributed by atoms with Gasteiger partial charge in [0.15, 0.2) is 0 Å². The van der Waals surface area contributed by atoms with Crippen molar-refractivity contribution in [2.45, 2.75) is 46.1 Å². The Morgan fingerprint density at radius 2 is 1.95 bits per heavy atom. The van der Waals surface area contributed by atoms with Gasteiger partial charge < -0.3 is 5.73 Å². The summed E-state index contributed by atoms with van der Waals surface area (Å²) < 4.78 is 2.00. The summed E-state index contributed by atoms with van der Waals surface area (Å²) in [6, 6.07) is 0.479. The lowest BCUT2D eigenvalue weighted by Gasteiger charge is -2.36. The first kappa shape index (κ1) is 14.5. The maximum atomic E-state index is 5.66. The van der Waals surface area contributed by atoms with E-state index in [1.165, 1.54) is 49.3 Å². The van der Waals surface area contributed by atoms with E-state index in [4.69, 9.17) is 5.73 Å². The minimum absolute atomic E-state index is 0.479. The summed E-state index contributed by atoms with van der Waals surface area (Å²) in [5, 5.41) is 4.54. The largest absolute Gasteiger partial charge is 0.330 e. The number of likely N-dealkylation sites (tertiary alicyclic amines) is 1. The second kappa shape index (κ2) is 6.06. The van der Waals surface area contributed by atoms with Gasteiger partial charge in [-0.05, 0) is 65.6 Å². The lowest BCUT2D eigenvalue weighted by molar-refractivity contribution is 0.138. The zero-order valence-electron chi connectivity index (χ0n) is 12.8. The van der Waals surface area contributed by atoms with E-state index in [9.17, 15) is 0 Å². The predicted octanol–water partition coefficient (Wildman–Crippen LogP) is 2.16. The van der Waals surface area contributed by atoms with E-state index < -0.39 is 0 Å². The molecule has 1 saturated heterocycles. The van der Waals surface area contributed by atoms with Gasteiger partial charge in [-0.15, -0.1) is 0 Å². The first-order valence-electron chi connectivity index (χ1n) is 7.48. The van der Waals surface area contributed by atoms with Crippen molar-refractivity contribution in [3.05, 3.63) is 17.0 Å². The summed E-state index contributed by atoms with van der Waals surface area (Å²) in [7, 11) is 2.03. The third kappa shape index (κ3) is 3.00. The number of aryl methyl sites for hydroxylation is 2. The molecule has 2 rings (SSSR count). The highest BCUT2D eigenvalue weighted by Crippen LogP contribution is 2.30. The standard InChI is InChI=1S/C15H28N4/c1-11-15(12(2)18(4)17-11)13(3)19-9-6-14(5-8-16)7-10-19/h13-14H,5-10,16H2,1-4H3. The Kier molecular flexibility index (Phi) is 4.63. The third-order valence-electron chi connectivity index (χ3n) is 4.75. The van der Waals surface area contributed by atoms with Crippen molar-refractivity contribution >= 4 is 0 Å². The molecule has 2 heterocycles. The van der Waals surface area contributed by atoms with Crippen molar-refractivity contribution < 1.29 is 0 Å². The van der Waals surface area contributed by atoms with Crippen molar-refractivity contribution in [1.29, 1.82) is 0 Å². The van der Waals surface area contributed by atoms with Crippen LogP contribution in [0.2, 0.25) is 0 Å². The van der Waals surface area contributed by atoms with Gasteiger partial charge in [-0.3, -0.25) is 9.58 Å². The van der Waals surface area contributed by atoms with Gasteiger partial charge in [0, 0.05) is 24.3 Å². The van der Waals surface area contributed by atoms with Crippen LogP contribution in [0.15, 0.2) is 0 Å². The second-order valence-corrected chi connectivity index (χ2v) is 5.94. The maximum Gasteiger partial charge on any atom is 0.0644 e. The smallest absolute Gasteiger partial charge is 0.0644 e. The fraction of sp³-hybridized carbons (Fsp3) is 0.800. The normalized spacial score (nSPS) is 19.8. The number of rotatable bonds is 4. The van der Waals surface area contributed by atoms with Crippen molar-refractivity contribution in [3.63, 3.8) is 0 Å². The van der Waals surface area contributed by atoms with Gasteiger partial charge in [-0.2, -0.15) is 5.10 Å². The van der Waals surface area contributed by atoms with Gasteiger partial charge in [0.05, 0.1) is 5.69 Å². The fourth-order valence-electron chi connectivity index (χ4n) is 3.44. The topological polar surface area (TPSA) is 47.1 Å². The summed E-state index contributed by atoms with van der Waals surface area (Å²) in [6.07, 6.45) is 3.77. The van der Waals surface area contributed by atoms with Gasteiger partial charge in [-0.25, -0.2) is 0 Å². The molecular weight excluding hydrogens is 236 g/mol. The van der Waals surface area contributed by atoms with Gasteiger partial charge in [0.2, 0.25) is 0 Å². The Labute approximate surface area is 117 Å². The molecule has 2 N–H and O–H groups in total. The molecule has 1 fully saturated rings. The van der Waals surface area contributed by atoms with E-state index >= 15 is 0 Å². The summed E-state index contributed by atoms with van der Waals surface area (Å²) >= 11 is 0. The Morgan fingerprint density at radius 1 is 1.32 bits per heavy atom. The number of piperidine rings is 1. The summed E-state index contributed by atoms with van der Waals surface area (Å²) in [5.41, 5.74) is 9.56. The third-order valence-corrected chi connectivity index (χ3v) is 4.75. The van der Waals surface area contributed by atoms with Crippen LogP contribution in [0.25, 0.3) is 0 Å². The van der Waals surface area contributed by atoms with Crippen LogP contribution in [0.4, 0.5) is 0 Å². The Bertz CT molecular complexity index is 416. The average Bonchev–Trinajstić information content (AvgIpc) is 2.64. The molecule has 0 aromatic carbocycles. The zero-order chi connectivity index (χ0) is 14.0. The van der Waals surface area contributed by atoms with Crippen LogP contribution in [0.3, 0.4) is 0 Å². The minimum Gasteiger partial charge on any atom is -0.330 e. The Balaban J connectivity index is 2.03. The monoisotopic (exact) mass is 264 g/mol. The molecule has 0 spiro atoms. The molecule has 4 heteroatoms. The van der Waals surface area contributed by atoms with E-state index in [0.29, 0.717) is 6.04 Å². The molecule has 4 nitrogen and oxygen atoms in total. The van der Waals surface area contributed by atoms with E-state index in [-0.39, 0.29) is 0 Å². The quantitative estimate of drug-likeness (QED) is 0.906. The molecule has 0 radical (unpaired) electrons. The molecule has 0 amide bonds. The second-order valence-electron chi connectivity index (χ2n) is 5.94. The van der Waals surface area contributed by atoms with Crippen LogP contribution in [0.5, 0.6) is 0 Å². The first-order chi connectivity index (χ1) is 9.04. The van der Waals surface area contributed by atoms with Crippen molar-refractivity contribution in [2.24, 2.45) is 18.7 Å². The van der Waals surface area contributed by atoms with Crippen LogP contribution in [-0.2, 0) is 7.05 Å². The van der Waals surface area contributed by atoms with E-state index in [1.807, 2.05) is 11.7 Å². The van der Waals surface area contributed by atoms with Crippen LogP contribution in [0.1, 0.15) is 49.2 Å². The number of aromatic nitrogens is 2. The molecule has 0 bridgehead atoms. The van der Waals surface area contributed by atoms with Crippen LogP contribution in [0, 0.1) is 19.8 Å². The molecule has 1 unspecified atom stereocenters. The summed E-state index contributed by atoms with van der Waals surface area (Å²) in [4.78, 5) is 2.60. The molecular formula is C15H28N4. The number of hydrogen-bond donors (Lipinski definition) is 1. The van der Waals surface area contributed by atoms with E-state index in [1.54, 1.807) is 0 Å². The van der Waals surface area contributed by atoms with Crippen LogP contribution >= 0.6 is 0 Å². The molecule has 1 aromatic rings. The van der Waals surface area contributed by atoms with Crippen LogP contribution < -0.4 is 5.73 Å². The molecule has 1 aromatic heterocycles. The number of nitrogens with two attached hydrogens (primary N) is 1.